The van der Waals surface area contributed by atoms with E-state index in [1.807, 2.05) is 48.7 Å². The number of halogens is 1. The summed E-state index contributed by atoms with van der Waals surface area (Å²) in [5, 5.41) is 10.4. The van der Waals surface area contributed by atoms with Crippen LogP contribution in [0.2, 0.25) is 5.02 Å². The van der Waals surface area contributed by atoms with Crippen LogP contribution in [0.4, 0.5) is 21.3 Å². The van der Waals surface area contributed by atoms with Gasteiger partial charge in [0, 0.05) is 47.4 Å². The van der Waals surface area contributed by atoms with Gasteiger partial charge in [-0.1, -0.05) is 42.0 Å². The number of amides is 2. The number of nitrogens with one attached hydrogen (secondary N) is 3. The van der Waals surface area contributed by atoms with Crippen LogP contribution < -0.4 is 20.7 Å². The van der Waals surface area contributed by atoms with Gasteiger partial charge in [0.25, 0.3) is 0 Å². The number of anilines is 3. The Labute approximate surface area is 235 Å². The molecule has 0 aliphatic rings. The molecule has 10 heteroatoms. The molecule has 0 unspecified atom stereocenters. The molecule has 0 saturated heterocycles. The average molecular weight is 557 g/mol. The van der Waals surface area contributed by atoms with E-state index in [1.54, 1.807) is 48.0 Å². The number of thiazole rings is 1. The highest BCUT2D eigenvalue weighted by Crippen LogP contribution is 2.32. The Hall–Kier alpha value is -4.47. The van der Waals surface area contributed by atoms with Gasteiger partial charge in [-0.15, -0.1) is 0 Å². The van der Waals surface area contributed by atoms with Crippen molar-refractivity contribution in [3.05, 3.63) is 96.5 Å². The maximum Gasteiger partial charge on any atom is 0.323 e. The van der Waals surface area contributed by atoms with Crippen molar-refractivity contribution < 1.29 is 9.53 Å². The maximum absolute atomic E-state index is 12.7. The zero-order valence-electron chi connectivity index (χ0n) is 21.0. The summed E-state index contributed by atoms with van der Waals surface area (Å²) < 4.78 is 5.88. The molecule has 0 aliphatic carbocycles. The number of hydrogen-bond donors (Lipinski definition) is 3. The van der Waals surface area contributed by atoms with E-state index in [-0.39, 0.29) is 0 Å². The molecule has 3 aromatic heterocycles. The van der Waals surface area contributed by atoms with Crippen LogP contribution in [0, 0.1) is 0 Å². The molecule has 0 saturated carbocycles. The van der Waals surface area contributed by atoms with Gasteiger partial charge in [-0.25, -0.2) is 14.8 Å². The van der Waals surface area contributed by atoms with Gasteiger partial charge in [0.2, 0.25) is 5.88 Å². The van der Waals surface area contributed by atoms with Crippen LogP contribution in [0.3, 0.4) is 0 Å². The number of carbonyl (C=O) groups is 1. The molecule has 3 heterocycles. The first-order valence-corrected chi connectivity index (χ1v) is 13.5. The summed E-state index contributed by atoms with van der Waals surface area (Å²) in [5.41, 5.74) is 3.81. The van der Waals surface area contributed by atoms with Crippen molar-refractivity contribution in [3.63, 3.8) is 0 Å². The monoisotopic (exact) mass is 556 g/mol. The number of rotatable bonds is 9. The number of hydrogen-bond acceptors (Lipinski definition) is 7. The maximum atomic E-state index is 12.7. The van der Waals surface area contributed by atoms with Crippen LogP contribution in [0.5, 0.6) is 11.6 Å². The van der Waals surface area contributed by atoms with Crippen molar-refractivity contribution in [2.45, 2.75) is 13.3 Å². The summed E-state index contributed by atoms with van der Waals surface area (Å²) in [6.07, 6.45) is 7.87. The van der Waals surface area contributed by atoms with E-state index in [1.165, 1.54) is 6.20 Å². The van der Waals surface area contributed by atoms with Crippen LogP contribution in [0.25, 0.3) is 21.6 Å². The smallest absolute Gasteiger partial charge is 0.323 e. The molecule has 3 N–H and O–H groups in total. The second-order valence-corrected chi connectivity index (χ2v) is 9.95. The minimum Gasteiger partial charge on any atom is -0.439 e. The minimum atomic E-state index is -0.426. The average Bonchev–Trinajstić information content (AvgIpc) is 3.43. The first kappa shape index (κ1) is 26.1. The van der Waals surface area contributed by atoms with Crippen LogP contribution in [0.15, 0.2) is 91.5 Å². The molecule has 0 spiro atoms. The molecule has 5 aromatic rings. The van der Waals surface area contributed by atoms with Gasteiger partial charge in [-0.2, -0.15) is 0 Å². The van der Waals surface area contributed by atoms with Gasteiger partial charge in [-0.3, -0.25) is 4.98 Å². The van der Waals surface area contributed by atoms with Gasteiger partial charge in [0.15, 0.2) is 5.13 Å². The largest absolute Gasteiger partial charge is 0.439 e. The Bertz CT molecular complexity index is 1540. The Morgan fingerprint density at radius 3 is 2.56 bits per heavy atom. The lowest BCUT2D eigenvalue weighted by atomic mass is 10.1. The number of benzene rings is 2. The third kappa shape index (κ3) is 6.90. The number of pyridine rings is 2. The molecule has 196 valence electrons. The molecule has 0 atom stereocenters. The molecule has 0 fully saturated rings. The van der Waals surface area contributed by atoms with Crippen LogP contribution in [0.1, 0.15) is 13.3 Å². The fourth-order valence-corrected chi connectivity index (χ4v) is 4.74. The normalized spacial score (nSPS) is 10.6. The number of nitrogens with zero attached hydrogens (tertiary/aromatic N) is 3. The molecule has 0 radical (unpaired) electrons. The van der Waals surface area contributed by atoms with E-state index >= 15 is 0 Å². The fourth-order valence-electron chi connectivity index (χ4n) is 3.72. The van der Waals surface area contributed by atoms with Crippen molar-refractivity contribution in [1.29, 1.82) is 0 Å². The van der Waals surface area contributed by atoms with E-state index in [9.17, 15) is 4.79 Å². The topological polar surface area (TPSA) is 101 Å². The predicted octanol–water partition coefficient (Wildman–Crippen LogP) is 8.18. The summed E-state index contributed by atoms with van der Waals surface area (Å²) >= 11 is 7.79. The van der Waals surface area contributed by atoms with Crippen molar-refractivity contribution in [2.75, 3.05) is 22.5 Å². The van der Waals surface area contributed by atoms with Crippen LogP contribution >= 0.6 is 22.9 Å². The zero-order valence-corrected chi connectivity index (χ0v) is 22.6. The third-order valence-electron chi connectivity index (χ3n) is 5.59. The summed E-state index contributed by atoms with van der Waals surface area (Å²) in [5.74, 6) is 1.06. The molecule has 2 aromatic carbocycles. The standard InChI is InChI=1S/C29H25ClN6O2S/c1-2-13-32-29-34-18-26(39-29)19-5-9-23(10-6-19)38-27-12-8-22(17-33-27)35-28(37)36-25-15-21(30)7-11-24(25)20-4-3-14-31-16-20/h3-12,14-18H,2,13H2,1H3,(H,32,34)(H2,35,36,37). The quantitative estimate of drug-likeness (QED) is 0.169. The Morgan fingerprint density at radius 2 is 1.82 bits per heavy atom. The van der Waals surface area contributed by atoms with Crippen molar-refractivity contribution in [3.8, 4) is 33.2 Å². The van der Waals surface area contributed by atoms with Gasteiger partial charge in [-0.05, 0) is 60.5 Å². The summed E-state index contributed by atoms with van der Waals surface area (Å²) in [4.78, 5) is 26.7. The molecule has 0 bridgehead atoms. The molecular weight excluding hydrogens is 532 g/mol. The predicted molar refractivity (Wildman–Crippen MR) is 158 cm³/mol. The van der Waals surface area contributed by atoms with E-state index in [2.05, 4.69) is 37.8 Å². The highest BCUT2D eigenvalue weighted by Gasteiger charge is 2.11. The molecule has 39 heavy (non-hydrogen) atoms. The number of ether oxygens (including phenoxy) is 1. The Balaban J connectivity index is 1.19. The van der Waals surface area contributed by atoms with E-state index in [4.69, 9.17) is 16.3 Å². The highest BCUT2D eigenvalue weighted by atomic mass is 35.5. The molecule has 2 amide bonds. The van der Waals surface area contributed by atoms with E-state index < -0.39 is 6.03 Å². The SMILES string of the molecule is CCCNc1ncc(-c2ccc(Oc3ccc(NC(=O)Nc4cc(Cl)ccc4-c4cccnc4)cn3)cc2)s1. The lowest BCUT2D eigenvalue weighted by molar-refractivity contribution is 0.262. The number of aromatic nitrogens is 3. The lowest BCUT2D eigenvalue weighted by Crippen LogP contribution is -2.20. The second-order valence-electron chi connectivity index (χ2n) is 8.48. The number of carbonyl (C=O) groups excluding carboxylic acids is 1. The molecule has 0 aliphatic heterocycles. The third-order valence-corrected chi connectivity index (χ3v) is 6.83. The summed E-state index contributed by atoms with van der Waals surface area (Å²) in [7, 11) is 0. The Kier molecular flexibility index (Phi) is 8.30. The summed E-state index contributed by atoms with van der Waals surface area (Å²) in [6, 6.07) is 19.8. The zero-order chi connectivity index (χ0) is 27.0. The highest BCUT2D eigenvalue weighted by molar-refractivity contribution is 7.18. The lowest BCUT2D eigenvalue weighted by Gasteiger charge is -2.13. The van der Waals surface area contributed by atoms with E-state index in [0.29, 0.717) is 28.0 Å². The minimum absolute atomic E-state index is 0.409. The molecular formula is C29H25ClN6O2S. The van der Waals surface area contributed by atoms with Gasteiger partial charge >= 0.3 is 6.03 Å². The second kappa shape index (κ2) is 12.4. The van der Waals surface area contributed by atoms with E-state index in [0.717, 1.165) is 39.7 Å². The van der Waals surface area contributed by atoms with Gasteiger partial charge in [0.1, 0.15) is 5.75 Å². The van der Waals surface area contributed by atoms with Crippen molar-refractivity contribution in [1.82, 2.24) is 15.0 Å². The van der Waals surface area contributed by atoms with Crippen molar-refractivity contribution in [2.24, 2.45) is 0 Å². The molecule has 8 nitrogen and oxygen atoms in total. The van der Waals surface area contributed by atoms with Crippen molar-refractivity contribution >= 4 is 45.5 Å². The van der Waals surface area contributed by atoms with Gasteiger partial charge < -0.3 is 20.7 Å². The van der Waals surface area contributed by atoms with Crippen LogP contribution in [-0.4, -0.2) is 27.5 Å². The fraction of sp³-hybridized carbons (Fsp3) is 0.103. The van der Waals surface area contributed by atoms with Gasteiger partial charge in [0.05, 0.1) is 22.4 Å². The first-order valence-electron chi connectivity index (χ1n) is 12.3. The molecule has 5 rings (SSSR count). The van der Waals surface area contributed by atoms with Crippen LogP contribution in [-0.2, 0) is 0 Å². The summed E-state index contributed by atoms with van der Waals surface area (Å²) in [6.45, 7) is 3.03. The first-order chi connectivity index (χ1) is 19.1. The Morgan fingerprint density at radius 1 is 0.949 bits per heavy atom. The number of urea groups is 1.